The van der Waals surface area contributed by atoms with Gasteiger partial charge in [-0.1, -0.05) is 66.7 Å². The van der Waals surface area contributed by atoms with Crippen molar-refractivity contribution in [2.24, 2.45) is 0 Å². The minimum atomic E-state index is -0.291. The molecular formula is C28H25N5O2. The van der Waals surface area contributed by atoms with E-state index >= 15 is 0 Å². The van der Waals surface area contributed by atoms with Crippen LogP contribution in [0.1, 0.15) is 21.6 Å². The minimum Gasteiger partial charge on any atom is -0.493 e. The van der Waals surface area contributed by atoms with Crippen molar-refractivity contribution in [1.82, 2.24) is 24.9 Å². The van der Waals surface area contributed by atoms with Crippen molar-refractivity contribution in [2.45, 2.75) is 13.1 Å². The number of carbonyl (C=O) groups excluding carboxylic acids is 1. The summed E-state index contributed by atoms with van der Waals surface area (Å²) in [5, 5.41) is 11.7. The summed E-state index contributed by atoms with van der Waals surface area (Å²) >= 11 is 0. The van der Waals surface area contributed by atoms with E-state index in [9.17, 15) is 4.79 Å². The van der Waals surface area contributed by atoms with Gasteiger partial charge in [-0.15, -0.1) is 0 Å². The quantitative estimate of drug-likeness (QED) is 0.361. The molecular weight excluding hydrogens is 438 g/mol. The number of hydrogen-bond donors (Lipinski definition) is 1. The largest absolute Gasteiger partial charge is 0.493 e. The highest BCUT2D eigenvalue weighted by atomic mass is 16.5. The number of aromatic nitrogens is 4. The first-order valence-electron chi connectivity index (χ1n) is 11.3. The van der Waals surface area contributed by atoms with Crippen LogP contribution < -0.4 is 10.1 Å². The first-order valence-corrected chi connectivity index (χ1v) is 11.3. The highest BCUT2D eigenvalue weighted by Crippen LogP contribution is 2.25. The molecule has 5 rings (SSSR count). The Balaban J connectivity index is 1.31. The van der Waals surface area contributed by atoms with Crippen LogP contribution in [0.3, 0.4) is 0 Å². The van der Waals surface area contributed by atoms with Gasteiger partial charge in [0.25, 0.3) is 5.91 Å². The summed E-state index contributed by atoms with van der Waals surface area (Å²) in [6, 6.07) is 28.0. The van der Waals surface area contributed by atoms with Crippen molar-refractivity contribution in [3.63, 3.8) is 0 Å². The molecule has 0 saturated carbocycles. The fourth-order valence-corrected chi connectivity index (χ4v) is 3.96. The molecule has 0 radical (unpaired) electrons. The lowest BCUT2D eigenvalue weighted by Crippen LogP contribution is -2.24. The van der Waals surface area contributed by atoms with E-state index in [4.69, 9.17) is 4.74 Å². The number of carbonyl (C=O) groups is 1. The van der Waals surface area contributed by atoms with Gasteiger partial charge in [-0.25, -0.2) is 4.68 Å². The van der Waals surface area contributed by atoms with Crippen LogP contribution in [-0.4, -0.2) is 32.6 Å². The lowest BCUT2D eigenvalue weighted by Gasteiger charge is -2.12. The molecule has 0 atom stereocenters. The molecule has 7 nitrogen and oxygen atoms in total. The fourth-order valence-electron chi connectivity index (χ4n) is 3.96. The van der Waals surface area contributed by atoms with Gasteiger partial charge in [-0.05, 0) is 40.5 Å². The molecule has 1 amide bonds. The van der Waals surface area contributed by atoms with Gasteiger partial charge < -0.3 is 10.1 Å². The Morgan fingerprint density at radius 2 is 1.71 bits per heavy atom. The molecule has 5 aromatic rings. The van der Waals surface area contributed by atoms with Gasteiger partial charge in [0.15, 0.2) is 11.4 Å². The number of para-hydroxylation sites is 1. The third-order valence-corrected chi connectivity index (χ3v) is 5.76. The van der Waals surface area contributed by atoms with E-state index in [0.717, 1.165) is 28.9 Å². The number of ether oxygens (including phenoxy) is 1. The second-order valence-electron chi connectivity index (χ2n) is 8.07. The highest BCUT2D eigenvalue weighted by Gasteiger charge is 2.18. The van der Waals surface area contributed by atoms with Crippen LogP contribution >= 0.6 is 0 Å². The molecule has 0 bridgehead atoms. The SMILES string of the molecule is COc1cn(-c2ccccc2)nc1C(=O)NCc1ccccc1-c1ccc(Cn2cccn2)cc1. The normalized spacial score (nSPS) is 10.8. The zero-order valence-corrected chi connectivity index (χ0v) is 19.3. The number of methoxy groups -OCH3 is 1. The van der Waals surface area contributed by atoms with Crippen molar-refractivity contribution in [3.8, 4) is 22.6 Å². The van der Waals surface area contributed by atoms with E-state index in [1.54, 1.807) is 17.1 Å². The average Bonchev–Trinajstić information content (AvgIpc) is 3.59. The van der Waals surface area contributed by atoms with Gasteiger partial charge in [0.2, 0.25) is 0 Å². The highest BCUT2D eigenvalue weighted by molar-refractivity contribution is 5.95. The Morgan fingerprint density at radius 1 is 0.943 bits per heavy atom. The van der Waals surface area contributed by atoms with Gasteiger partial charge in [-0.3, -0.25) is 9.48 Å². The lowest BCUT2D eigenvalue weighted by atomic mass is 9.98. The number of hydrogen-bond acceptors (Lipinski definition) is 4. The molecule has 0 aliphatic rings. The summed E-state index contributed by atoms with van der Waals surface area (Å²) in [6.07, 6.45) is 5.44. The second kappa shape index (κ2) is 10.1. The van der Waals surface area contributed by atoms with Crippen LogP contribution in [0.2, 0.25) is 0 Å². The maximum atomic E-state index is 13.0. The topological polar surface area (TPSA) is 74.0 Å². The Labute approximate surface area is 203 Å². The number of rotatable bonds is 8. The number of nitrogens with one attached hydrogen (secondary N) is 1. The molecule has 2 aromatic heterocycles. The number of amides is 1. The Kier molecular flexibility index (Phi) is 6.39. The summed E-state index contributed by atoms with van der Waals surface area (Å²) in [5.74, 6) is 0.133. The van der Waals surface area contributed by atoms with Gasteiger partial charge in [0.1, 0.15) is 0 Å². The zero-order chi connectivity index (χ0) is 24.0. The van der Waals surface area contributed by atoms with Gasteiger partial charge in [0, 0.05) is 18.9 Å². The predicted octanol–water partition coefficient (Wildman–Crippen LogP) is 4.72. The van der Waals surface area contributed by atoms with Gasteiger partial charge in [0.05, 0.1) is 25.5 Å². The molecule has 35 heavy (non-hydrogen) atoms. The van der Waals surface area contributed by atoms with Crippen molar-refractivity contribution < 1.29 is 9.53 Å². The van der Waals surface area contributed by atoms with Crippen LogP contribution in [0, 0.1) is 0 Å². The van der Waals surface area contributed by atoms with Crippen LogP contribution in [0.15, 0.2) is 104 Å². The molecule has 7 heteroatoms. The summed E-state index contributed by atoms with van der Waals surface area (Å²) in [7, 11) is 1.54. The average molecular weight is 464 g/mol. The van der Waals surface area contributed by atoms with Crippen LogP contribution in [0.25, 0.3) is 16.8 Å². The molecule has 0 unspecified atom stereocenters. The van der Waals surface area contributed by atoms with Crippen LogP contribution in [-0.2, 0) is 13.1 Å². The van der Waals surface area contributed by atoms with E-state index in [2.05, 4.69) is 45.8 Å². The lowest BCUT2D eigenvalue weighted by molar-refractivity contribution is 0.0942. The molecule has 0 saturated heterocycles. The Bertz CT molecular complexity index is 1410. The first kappa shape index (κ1) is 22.2. The Morgan fingerprint density at radius 3 is 2.46 bits per heavy atom. The maximum absolute atomic E-state index is 13.0. The molecule has 0 aliphatic heterocycles. The van der Waals surface area contributed by atoms with Crippen molar-refractivity contribution in [3.05, 3.63) is 120 Å². The van der Waals surface area contributed by atoms with Crippen molar-refractivity contribution in [1.29, 1.82) is 0 Å². The predicted molar refractivity (Wildman–Crippen MR) is 134 cm³/mol. The molecule has 2 heterocycles. The molecule has 1 N–H and O–H groups in total. The van der Waals surface area contributed by atoms with Crippen LogP contribution in [0.5, 0.6) is 5.75 Å². The second-order valence-corrected chi connectivity index (χ2v) is 8.07. The monoisotopic (exact) mass is 463 g/mol. The van der Waals surface area contributed by atoms with E-state index in [-0.39, 0.29) is 11.6 Å². The van der Waals surface area contributed by atoms with Crippen molar-refractivity contribution >= 4 is 5.91 Å². The molecule has 0 spiro atoms. The summed E-state index contributed by atoms with van der Waals surface area (Å²) in [6.45, 7) is 1.09. The van der Waals surface area contributed by atoms with Crippen LogP contribution in [0.4, 0.5) is 0 Å². The summed E-state index contributed by atoms with van der Waals surface area (Å²) in [4.78, 5) is 13.0. The Hall–Kier alpha value is -4.65. The third-order valence-electron chi connectivity index (χ3n) is 5.76. The molecule has 174 valence electrons. The van der Waals surface area contributed by atoms with Gasteiger partial charge in [-0.2, -0.15) is 10.2 Å². The van der Waals surface area contributed by atoms with E-state index in [1.165, 1.54) is 12.7 Å². The van der Waals surface area contributed by atoms with Crippen molar-refractivity contribution in [2.75, 3.05) is 7.11 Å². The summed E-state index contributed by atoms with van der Waals surface area (Å²) < 4.78 is 8.95. The standard InChI is InChI=1S/C28H25N5O2/c1-35-26-20-33(24-9-3-2-4-10-24)31-27(26)28(34)29-18-23-8-5-6-11-25(23)22-14-12-21(13-15-22)19-32-17-7-16-30-32/h2-17,20H,18-19H2,1H3,(H,29,34). The fraction of sp³-hybridized carbons (Fsp3) is 0.107. The zero-order valence-electron chi connectivity index (χ0n) is 19.3. The minimum absolute atomic E-state index is 0.247. The van der Waals surface area contributed by atoms with Gasteiger partial charge >= 0.3 is 0 Å². The molecule has 3 aromatic carbocycles. The van der Waals surface area contributed by atoms with E-state index in [0.29, 0.717) is 12.3 Å². The first-order chi connectivity index (χ1) is 17.2. The number of nitrogens with zero attached hydrogens (tertiary/aromatic N) is 4. The smallest absolute Gasteiger partial charge is 0.275 e. The third kappa shape index (κ3) is 4.99. The van der Waals surface area contributed by atoms with E-state index in [1.807, 2.05) is 65.5 Å². The molecule has 0 aliphatic carbocycles. The number of benzene rings is 3. The van der Waals surface area contributed by atoms with E-state index < -0.39 is 0 Å². The maximum Gasteiger partial charge on any atom is 0.275 e. The molecule has 0 fully saturated rings. The summed E-state index contributed by atoms with van der Waals surface area (Å²) in [5.41, 5.74) is 5.44.